The molecule has 0 aliphatic carbocycles. The van der Waals surface area contributed by atoms with Crippen molar-refractivity contribution in [1.29, 1.82) is 0 Å². The molecule has 0 saturated carbocycles. The monoisotopic (exact) mass is 480 g/mol. The van der Waals surface area contributed by atoms with Crippen LogP contribution in [0.2, 0.25) is 5.15 Å². The summed E-state index contributed by atoms with van der Waals surface area (Å²) in [5.41, 5.74) is 3.89. The summed E-state index contributed by atoms with van der Waals surface area (Å²) in [6.07, 6.45) is 1.57. The van der Waals surface area contributed by atoms with E-state index in [9.17, 15) is 9.59 Å². The van der Waals surface area contributed by atoms with E-state index >= 15 is 0 Å². The maximum absolute atomic E-state index is 12.6. The molecule has 3 aromatic rings. The topological polar surface area (TPSA) is 91.3 Å². The van der Waals surface area contributed by atoms with Crippen LogP contribution in [-0.4, -0.2) is 52.0 Å². The SMILES string of the molecule is CN(NC(=O)c1csc(C2CCN(C(=O)C#Cc3ccccc3)CC2)n1)c1ccc(Cl)nn1. The minimum absolute atomic E-state index is 0.162. The number of rotatable bonds is 4. The Morgan fingerprint density at radius 2 is 1.91 bits per heavy atom. The van der Waals surface area contributed by atoms with Gasteiger partial charge in [0.05, 0.1) is 5.01 Å². The summed E-state index contributed by atoms with van der Waals surface area (Å²) in [7, 11) is 1.66. The van der Waals surface area contributed by atoms with Crippen molar-refractivity contribution >= 4 is 40.6 Å². The van der Waals surface area contributed by atoms with Gasteiger partial charge in [-0.1, -0.05) is 35.7 Å². The second kappa shape index (κ2) is 10.4. The zero-order valence-electron chi connectivity index (χ0n) is 17.9. The van der Waals surface area contributed by atoms with E-state index < -0.39 is 0 Å². The predicted octanol–water partition coefficient (Wildman–Crippen LogP) is 3.13. The molecule has 2 aromatic heterocycles. The molecule has 2 amide bonds. The molecule has 3 heterocycles. The average molecular weight is 481 g/mol. The van der Waals surface area contributed by atoms with Crippen LogP contribution in [-0.2, 0) is 4.79 Å². The second-order valence-electron chi connectivity index (χ2n) is 7.47. The molecule has 1 aliphatic rings. The van der Waals surface area contributed by atoms with Crippen LogP contribution in [0, 0.1) is 11.8 Å². The fourth-order valence-corrected chi connectivity index (χ4v) is 4.46. The number of likely N-dealkylation sites (tertiary alicyclic amines) is 1. The minimum Gasteiger partial charge on any atom is -0.332 e. The van der Waals surface area contributed by atoms with E-state index in [-0.39, 0.29) is 22.9 Å². The van der Waals surface area contributed by atoms with Gasteiger partial charge < -0.3 is 4.90 Å². The predicted molar refractivity (Wildman–Crippen MR) is 127 cm³/mol. The van der Waals surface area contributed by atoms with Crippen molar-refractivity contribution < 1.29 is 9.59 Å². The number of hydrazine groups is 1. The summed E-state index contributed by atoms with van der Waals surface area (Å²) in [5, 5.41) is 12.1. The van der Waals surface area contributed by atoms with Crippen LogP contribution >= 0.6 is 22.9 Å². The van der Waals surface area contributed by atoms with E-state index in [0.29, 0.717) is 24.6 Å². The number of aromatic nitrogens is 3. The van der Waals surface area contributed by atoms with E-state index in [2.05, 4.69) is 32.4 Å². The van der Waals surface area contributed by atoms with Gasteiger partial charge >= 0.3 is 0 Å². The van der Waals surface area contributed by atoms with Gasteiger partial charge in [-0.2, -0.15) is 0 Å². The van der Waals surface area contributed by atoms with E-state index in [0.717, 1.165) is 23.4 Å². The number of carbonyl (C=O) groups excluding carboxylic acids is 2. The van der Waals surface area contributed by atoms with Crippen molar-refractivity contribution in [2.45, 2.75) is 18.8 Å². The summed E-state index contributed by atoms with van der Waals surface area (Å²) >= 11 is 7.20. The number of hydrogen-bond donors (Lipinski definition) is 1. The number of halogens is 1. The molecule has 4 rings (SSSR count). The number of benzene rings is 1. The zero-order chi connectivity index (χ0) is 23.2. The molecule has 0 bridgehead atoms. The van der Waals surface area contributed by atoms with Crippen molar-refractivity contribution in [2.75, 3.05) is 25.1 Å². The number of nitrogens with zero attached hydrogens (tertiary/aromatic N) is 5. The van der Waals surface area contributed by atoms with Crippen LogP contribution in [0.4, 0.5) is 5.82 Å². The Labute approximate surface area is 200 Å². The molecule has 0 unspecified atom stereocenters. The molecule has 0 spiro atoms. The number of anilines is 1. The lowest BCUT2D eigenvalue weighted by atomic mass is 9.97. The smallest absolute Gasteiger partial charge is 0.298 e. The first kappa shape index (κ1) is 22.7. The van der Waals surface area contributed by atoms with Gasteiger partial charge in [-0.15, -0.1) is 21.5 Å². The van der Waals surface area contributed by atoms with Crippen LogP contribution < -0.4 is 10.4 Å². The van der Waals surface area contributed by atoms with Crippen LogP contribution in [0.3, 0.4) is 0 Å². The van der Waals surface area contributed by atoms with Gasteiger partial charge in [-0.3, -0.25) is 20.0 Å². The molecular weight excluding hydrogens is 460 g/mol. The summed E-state index contributed by atoms with van der Waals surface area (Å²) in [6.45, 7) is 1.23. The number of piperidine rings is 1. The Morgan fingerprint density at radius 3 is 2.61 bits per heavy atom. The molecule has 1 aromatic carbocycles. The number of thiazole rings is 1. The molecule has 33 heavy (non-hydrogen) atoms. The fraction of sp³-hybridized carbons (Fsp3) is 0.261. The molecule has 168 valence electrons. The first-order valence-corrected chi connectivity index (χ1v) is 11.6. The first-order chi connectivity index (χ1) is 16.0. The van der Waals surface area contributed by atoms with E-state index in [4.69, 9.17) is 11.6 Å². The van der Waals surface area contributed by atoms with Crippen LogP contribution in [0.15, 0.2) is 47.8 Å². The highest BCUT2D eigenvalue weighted by molar-refractivity contribution is 7.09. The maximum atomic E-state index is 12.6. The molecule has 0 atom stereocenters. The number of hydrogen-bond acceptors (Lipinski definition) is 7. The summed E-state index contributed by atoms with van der Waals surface area (Å²) < 4.78 is 0. The molecule has 1 fully saturated rings. The van der Waals surface area contributed by atoms with Gasteiger partial charge in [-0.05, 0) is 37.1 Å². The Balaban J connectivity index is 1.30. The lowest BCUT2D eigenvalue weighted by Crippen LogP contribution is -2.40. The number of nitrogens with one attached hydrogen (secondary N) is 1. The third-order valence-corrected chi connectivity index (χ3v) is 6.41. The molecule has 10 heteroatoms. The van der Waals surface area contributed by atoms with Crippen LogP contribution in [0.1, 0.15) is 39.8 Å². The van der Waals surface area contributed by atoms with Gasteiger partial charge in [-0.25, -0.2) is 4.98 Å². The van der Waals surface area contributed by atoms with Gasteiger partial charge in [0, 0.05) is 42.9 Å². The summed E-state index contributed by atoms with van der Waals surface area (Å²) in [6, 6.07) is 12.7. The molecule has 1 N–H and O–H groups in total. The summed E-state index contributed by atoms with van der Waals surface area (Å²) in [5.74, 6) is 5.81. The highest BCUT2D eigenvalue weighted by atomic mass is 35.5. The highest BCUT2D eigenvalue weighted by Crippen LogP contribution is 2.30. The number of amides is 2. The molecule has 8 nitrogen and oxygen atoms in total. The maximum Gasteiger partial charge on any atom is 0.298 e. The van der Waals surface area contributed by atoms with E-state index in [1.165, 1.54) is 16.3 Å². The fourth-order valence-electron chi connectivity index (χ4n) is 3.39. The minimum atomic E-state index is -0.333. The quantitative estimate of drug-likeness (QED) is 0.455. The van der Waals surface area contributed by atoms with Crippen molar-refractivity contribution in [1.82, 2.24) is 25.5 Å². The van der Waals surface area contributed by atoms with Gasteiger partial charge in [0.25, 0.3) is 11.8 Å². The normalized spacial score (nSPS) is 13.7. The van der Waals surface area contributed by atoms with Crippen molar-refractivity contribution in [2.24, 2.45) is 0 Å². The van der Waals surface area contributed by atoms with Crippen LogP contribution in [0.5, 0.6) is 0 Å². The van der Waals surface area contributed by atoms with Crippen molar-refractivity contribution in [3.63, 3.8) is 0 Å². The third kappa shape index (κ3) is 5.86. The molecule has 1 aliphatic heterocycles. The molecule has 1 saturated heterocycles. The Hall–Kier alpha value is -3.48. The van der Waals surface area contributed by atoms with Crippen LogP contribution in [0.25, 0.3) is 0 Å². The molecular formula is C23H21ClN6O2S. The Morgan fingerprint density at radius 1 is 1.15 bits per heavy atom. The largest absolute Gasteiger partial charge is 0.332 e. The molecule has 0 radical (unpaired) electrons. The van der Waals surface area contributed by atoms with Gasteiger partial charge in [0.15, 0.2) is 11.0 Å². The van der Waals surface area contributed by atoms with Gasteiger partial charge in [0.2, 0.25) is 0 Å². The van der Waals surface area contributed by atoms with Crippen molar-refractivity contribution in [3.05, 3.63) is 69.3 Å². The Bertz CT molecular complexity index is 1180. The lowest BCUT2D eigenvalue weighted by molar-refractivity contribution is -0.126. The van der Waals surface area contributed by atoms with Gasteiger partial charge in [0.1, 0.15) is 5.69 Å². The standard InChI is InChI=1S/C23H21ClN6O2S/c1-29(20-9-8-19(24)26-27-20)28-22(32)18-15-33-23(25-18)17-11-13-30(14-12-17)21(31)10-7-16-5-3-2-4-6-16/h2-6,8-9,15,17H,11-14H2,1H3,(H,28,32). The lowest BCUT2D eigenvalue weighted by Gasteiger charge is -2.29. The second-order valence-corrected chi connectivity index (χ2v) is 8.74. The third-order valence-electron chi connectivity index (χ3n) is 5.20. The zero-order valence-corrected chi connectivity index (χ0v) is 19.4. The Kier molecular flexibility index (Phi) is 7.17. The number of carbonyl (C=O) groups is 2. The van der Waals surface area contributed by atoms with Crippen molar-refractivity contribution in [3.8, 4) is 11.8 Å². The average Bonchev–Trinajstić information content (AvgIpc) is 3.34. The highest BCUT2D eigenvalue weighted by Gasteiger charge is 2.26. The van der Waals surface area contributed by atoms with E-state index in [1.807, 2.05) is 30.3 Å². The first-order valence-electron chi connectivity index (χ1n) is 10.3. The van der Waals surface area contributed by atoms with E-state index in [1.54, 1.807) is 29.5 Å². The summed E-state index contributed by atoms with van der Waals surface area (Å²) in [4.78, 5) is 31.3.